The minimum Gasteiger partial charge on any atom is -0.370 e. The first kappa shape index (κ1) is 16.8. The number of hydrogen-bond donors (Lipinski definition) is 1. The summed E-state index contributed by atoms with van der Waals surface area (Å²) >= 11 is 5.99. The van der Waals surface area contributed by atoms with Crippen molar-refractivity contribution < 1.29 is 4.79 Å². The minimum atomic E-state index is -0.223. The maximum absolute atomic E-state index is 12.4. The van der Waals surface area contributed by atoms with Crippen molar-refractivity contribution >= 4 is 28.9 Å². The van der Waals surface area contributed by atoms with E-state index < -0.39 is 0 Å². The van der Waals surface area contributed by atoms with Crippen LogP contribution in [0.4, 0.5) is 11.4 Å². The zero-order valence-corrected chi connectivity index (χ0v) is 14.8. The SMILES string of the molecule is Cc1ccc(Cl)cc1NC(=O)c1ccc(N2CCC(C)CC2)cn1. The largest absolute Gasteiger partial charge is 0.370 e. The van der Waals surface area contributed by atoms with Crippen molar-refractivity contribution in [3.63, 3.8) is 0 Å². The van der Waals surface area contributed by atoms with Crippen LogP contribution in [0.15, 0.2) is 36.5 Å². The van der Waals surface area contributed by atoms with Crippen molar-refractivity contribution in [1.82, 2.24) is 4.98 Å². The second kappa shape index (κ2) is 7.22. The molecule has 0 bridgehead atoms. The van der Waals surface area contributed by atoms with Gasteiger partial charge in [0, 0.05) is 23.8 Å². The third-order valence-electron chi connectivity index (χ3n) is 4.58. The quantitative estimate of drug-likeness (QED) is 0.890. The third-order valence-corrected chi connectivity index (χ3v) is 4.81. The van der Waals surface area contributed by atoms with Gasteiger partial charge < -0.3 is 10.2 Å². The minimum absolute atomic E-state index is 0.223. The van der Waals surface area contributed by atoms with E-state index in [1.807, 2.05) is 19.1 Å². The second-order valence-corrected chi connectivity index (χ2v) is 6.92. The number of aromatic nitrogens is 1. The summed E-state index contributed by atoms with van der Waals surface area (Å²) in [5, 5.41) is 3.47. The van der Waals surface area contributed by atoms with E-state index in [9.17, 15) is 4.79 Å². The van der Waals surface area contributed by atoms with Crippen LogP contribution in [0.25, 0.3) is 0 Å². The number of rotatable bonds is 3. The lowest BCUT2D eigenvalue weighted by atomic mass is 9.99. The normalized spacial score (nSPS) is 15.4. The molecule has 2 heterocycles. The predicted molar refractivity (Wildman–Crippen MR) is 99.0 cm³/mol. The molecule has 0 saturated carbocycles. The predicted octanol–water partition coefficient (Wildman–Crippen LogP) is 4.53. The molecule has 126 valence electrons. The van der Waals surface area contributed by atoms with E-state index in [0.717, 1.165) is 30.3 Å². The van der Waals surface area contributed by atoms with Crippen molar-refractivity contribution in [2.75, 3.05) is 23.3 Å². The van der Waals surface area contributed by atoms with E-state index in [-0.39, 0.29) is 5.91 Å². The van der Waals surface area contributed by atoms with E-state index in [1.54, 1.807) is 24.4 Å². The zero-order chi connectivity index (χ0) is 17.1. The van der Waals surface area contributed by atoms with Crippen molar-refractivity contribution in [3.05, 3.63) is 52.8 Å². The molecule has 0 radical (unpaired) electrons. The molecule has 24 heavy (non-hydrogen) atoms. The Bertz CT molecular complexity index is 722. The molecule has 1 aromatic carbocycles. The number of amides is 1. The van der Waals surface area contributed by atoms with E-state index in [1.165, 1.54) is 12.8 Å². The molecule has 2 aromatic rings. The van der Waals surface area contributed by atoms with Crippen LogP contribution in [0.1, 0.15) is 35.8 Å². The lowest BCUT2D eigenvalue weighted by Gasteiger charge is -2.31. The molecule has 1 amide bonds. The molecule has 1 aliphatic rings. The number of aryl methyl sites for hydroxylation is 1. The number of benzene rings is 1. The van der Waals surface area contributed by atoms with Gasteiger partial charge in [-0.25, -0.2) is 4.98 Å². The summed E-state index contributed by atoms with van der Waals surface area (Å²) in [6.45, 7) is 6.33. The standard InChI is InChI=1S/C19H22ClN3O/c1-13-7-9-23(10-8-13)16-5-6-17(21-12-16)19(24)22-18-11-15(20)4-3-14(18)2/h3-6,11-13H,7-10H2,1-2H3,(H,22,24). The first-order valence-electron chi connectivity index (χ1n) is 8.31. The Morgan fingerprint density at radius 3 is 2.67 bits per heavy atom. The number of nitrogens with one attached hydrogen (secondary N) is 1. The fourth-order valence-corrected chi connectivity index (χ4v) is 3.06. The third kappa shape index (κ3) is 3.88. The first-order chi connectivity index (χ1) is 11.5. The van der Waals surface area contributed by atoms with Crippen LogP contribution in [0, 0.1) is 12.8 Å². The van der Waals surface area contributed by atoms with Gasteiger partial charge in [-0.1, -0.05) is 24.6 Å². The molecule has 0 unspecified atom stereocenters. The molecule has 0 aliphatic carbocycles. The highest BCUT2D eigenvalue weighted by molar-refractivity contribution is 6.31. The summed E-state index contributed by atoms with van der Waals surface area (Å²) < 4.78 is 0. The monoisotopic (exact) mass is 343 g/mol. The Balaban J connectivity index is 1.68. The van der Waals surface area contributed by atoms with Crippen LogP contribution in [-0.4, -0.2) is 24.0 Å². The molecule has 0 spiro atoms. The van der Waals surface area contributed by atoms with E-state index in [4.69, 9.17) is 11.6 Å². The smallest absolute Gasteiger partial charge is 0.274 e. The Kier molecular flexibility index (Phi) is 5.05. The average molecular weight is 344 g/mol. The summed E-state index contributed by atoms with van der Waals surface area (Å²) in [5.74, 6) is 0.569. The van der Waals surface area contributed by atoms with Gasteiger partial charge in [0.2, 0.25) is 0 Å². The van der Waals surface area contributed by atoms with Crippen molar-refractivity contribution in [2.24, 2.45) is 5.92 Å². The molecule has 0 atom stereocenters. The first-order valence-corrected chi connectivity index (χ1v) is 8.69. The van der Waals surface area contributed by atoms with Crippen LogP contribution in [0.3, 0.4) is 0 Å². The number of halogens is 1. The number of anilines is 2. The Hall–Kier alpha value is -2.07. The molecule has 1 aromatic heterocycles. The van der Waals surface area contributed by atoms with Gasteiger partial charge in [0.15, 0.2) is 0 Å². The second-order valence-electron chi connectivity index (χ2n) is 6.48. The highest BCUT2D eigenvalue weighted by Gasteiger charge is 2.17. The maximum Gasteiger partial charge on any atom is 0.274 e. The number of hydrogen-bond acceptors (Lipinski definition) is 3. The van der Waals surface area contributed by atoms with Crippen molar-refractivity contribution in [2.45, 2.75) is 26.7 Å². The highest BCUT2D eigenvalue weighted by Crippen LogP contribution is 2.23. The number of pyridine rings is 1. The van der Waals surface area contributed by atoms with Crippen molar-refractivity contribution in [3.8, 4) is 0 Å². The zero-order valence-electron chi connectivity index (χ0n) is 14.1. The Morgan fingerprint density at radius 1 is 1.25 bits per heavy atom. The van der Waals surface area contributed by atoms with Gasteiger partial charge in [-0.15, -0.1) is 0 Å². The number of carbonyl (C=O) groups excluding carboxylic acids is 1. The molecule has 5 heteroatoms. The van der Waals surface area contributed by atoms with Gasteiger partial charge >= 0.3 is 0 Å². The van der Waals surface area contributed by atoms with Gasteiger partial charge in [-0.2, -0.15) is 0 Å². The lowest BCUT2D eigenvalue weighted by molar-refractivity contribution is 0.102. The van der Waals surface area contributed by atoms with E-state index >= 15 is 0 Å². The molecule has 1 fully saturated rings. The van der Waals surface area contributed by atoms with Gasteiger partial charge in [0.25, 0.3) is 5.91 Å². The highest BCUT2D eigenvalue weighted by atomic mass is 35.5. The Labute approximate surface area is 147 Å². The molecular weight excluding hydrogens is 322 g/mol. The van der Waals surface area contributed by atoms with Crippen LogP contribution in [-0.2, 0) is 0 Å². The summed E-state index contributed by atoms with van der Waals surface area (Å²) in [6.07, 6.45) is 4.20. The van der Waals surface area contributed by atoms with Crippen LogP contribution in [0.2, 0.25) is 5.02 Å². The Morgan fingerprint density at radius 2 is 2.00 bits per heavy atom. The number of nitrogens with zero attached hydrogens (tertiary/aromatic N) is 2. The molecule has 3 rings (SSSR count). The summed E-state index contributed by atoms with van der Waals surface area (Å²) in [7, 11) is 0. The summed E-state index contributed by atoms with van der Waals surface area (Å²) in [5.41, 5.74) is 3.16. The number of piperidine rings is 1. The van der Waals surface area contributed by atoms with Gasteiger partial charge in [-0.05, 0) is 55.5 Å². The van der Waals surface area contributed by atoms with Gasteiger partial charge in [-0.3, -0.25) is 4.79 Å². The maximum atomic E-state index is 12.4. The fraction of sp³-hybridized carbons (Fsp3) is 0.368. The van der Waals surface area contributed by atoms with E-state index in [2.05, 4.69) is 22.1 Å². The fourth-order valence-electron chi connectivity index (χ4n) is 2.89. The van der Waals surface area contributed by atoms with Gasteiger partial charge in [0.1, 0.15) is 5.69 Å². The van der Waals surface area contributed by atoms with Crippen molar-refractivity contribution in [1.29, 1.82) is 0 Å². The molecule has 1 aliphatic heterocycles. The van der Waals surface area contributed by atoms with Gasteiger partial charge in [0.05, 0.1) is 11.9 Å². The van der Waals surface area contributed by atoms with E-state index in [0.29, 0.717) is 16.4 Å². The molecular formula is C19H22ClN3O. The van der Waals surface area contributed by atoms with Crippen LogP contribution < -0.4 is 10.2 Å². The average Bonchev–Trinajstić information content (AvgIpc) is 2.59. The summed E-state index contributed by atoms with van der Waals surface area (Å²) in [4.78, 5) is 19.0. The number of carbonyl (C=O) groups is 1. The summed E-state index contributed by atoms with van der Waals surface area (Å²) in [6, 6.07) is 9.19. The van der Waals surface area contributed by atoms with Crippen LogP contribution >= 0.6 is 11.6 Å². The molecule has 4 nitrogen and oxygen atoms in total. The lowest BCUT2D eigenvalue weighted by Crippen LogP contribution is -2.32. The van der Waals surface area contributed by atoms with Crippen LogP contribution in [0.5, 0.6) is 0 Å². The molecule has 1 N–H and O–H groups in total. The molecule has 1 saturated heterocycles. The topological polar surface area (TPSA) is 45.2 Å².